The van der Waals surface area contributed by atoms with E-state index in [0.29, 0.717) is 5.69 Å². The molecule has 0 bridgehead atoms. The summed E-state index contributed by atoms with van der Waals surface area (Å²) in [4.78, 5) is 30.8. The van der Waals surface area contributed by atoms with Crippen LogP contribution in [-0.4, -0.2) is 29.0 Å². The zero-order valence-corrected chi connectivity index (χ0v) is 13.0. The highest BCUT2D eigenvalue weighted by Crippen LogP contribution is 2.31. The number of hydrogen-bond donors (Lipinski definition) is 1. The van der Waals surface area contributed by atoms with Crippen LogP contribution in [0.25, 0.3) is 21.8 Å². The number of rotatable bonds is 3. The summed E-state index contributed by atoms with van der Waals surface area (Å²) in [6.07, 6.45) is -0.590. The first-order valence-electron chi connectivity index (χ1n) is 7.18. The van der Waals surface area contributed by atoms with Crippen LogP contribution in [0.1, 0.15) is 36.1 Å². The van der Waals surface area contributed by atoms with Crippen molar-refractivity contribution in [3.63, 3.8) is 0 Å². The number of nitrogens with one attached hydrogen (secondary N) is 1. The molecule has 2 heterocycles. The van der Waals surface area contributed by atoms with E-state index in [9.17, 15) is 9.59 Å². The molecule has 0 fully saturated rings. The molecule has 0 spiro atoms. The molecule has 2 aromatic heterocycles. The Labute approximate surface area is 132 Å². The van der Waals surface area contributed by atoms with E-state index in [0.717, 1.165) is 21.8 Å². The first-order valence-corrected chi connectivity index (χ1v) is 7.18. The molecule has 118 valence electrons. The first-order chi connectivity index (χ1) is 11.0. The summed E-state index contributed by atoms with van der Waals surface area (Å²) in [5.74, 6) is -0.944. The van der Waals surface area contributed by atoms with Crippen LogP contribution in [0.5, 0.6) is 0 Å². The van der Waals surface area contributed by atoms with Gasteiger partial charge >= 0.3 is 11.9 Å². The minimum atomic E-state index is -0.590. The lowest BCUT2D eigenvalue weighted by atomic mass is 10.1. The Morgan fingerprint density at radius 3 is 2.65 bits per heavy atom. The van der Waals surface area contributed by atoms with Crippen molar-refractivity contribution < 1.29 is 19.1 Å². The molecule has 6 nitrogen and oxygen atoms in total. The topological polar surface area (TPSA) is 81.3 Å². The van der Waals surface area contributed by atoms with E-state index in [2.05, 4.69) is 9.97 Å². The maximum Gasteiger partial charge on any atom is 0.356 e. The summed E-state index contributed by atoms with van der Waals surface area (Å²) in [5.41, 5.74) is 2.34. The van der Waals surface area contributed by atoms with Crippen LogP contribution in [0, 0.1) is 0 Å². The summed E-state index contributed by atoms with van der Waals surface area (Å²) in [6, 6.07) is 9.41. The summed E-state index contributed by atoms with van der Waals surface area (Å²) in [7, 11) is 1.30. The number of nitrogens with zero attached hydrogens (tertiary/aromatic N) is 1. The molecule has 6 heteroatoms. The second kappa shape index (κ2) is 5.72. The quantitative estimate of drug-likeness (QED) is 0.751. The minimum absolute atomic E-state index is 0.179. The van der Waals surface area contributed by atoms with Crippen LogP contribution in [0.2, 0.25) is 0 Å². The molecule has 0 aliphatic carbocycles. The highest BCUT2D eigenvalue weighted by Gasteiger charge is 2.21. The van der Waals surface area contributed by atoms with Crippen LogP contribution < -0.4 is 0 Å². The van der Waals surface area contributed by atoms with Gasteiger partial charge in [0.25, 0.3) is 0 Å². The average molecular weight is 312 g/mol. The SMILES string of the molecule is COC(=O)c1cc2c([nH]c3ccccc32)c([C@@H](C)OC(C)=O)n1. The number of methoxy groups -OCH3 is 1. The van der Waals surface area contributed by atoms with Crippen molar-refractivity contribution in [3.8, 4) is 0 Å². The predicted molar refractivity (Wildman–Crippen MR) is 85.1 cm³/mol. The van der Waals surface area contributed by atoms with Gasteiger partial charge in [0.2, 0.25) is 0 Å². The summed E-state index contributed by atoms with van der Waals surface area (Å²) in [6.45, 7) is 3.05. The molecule has 3 aromatic rings. The van der Waals surface area contributed by atoms with Gasteiger partial charge in [-0.05, 0) is 19.1 Å². The second-order valence-corrected chi connectivity index (χ2v) is 5.23. The Morgan fingerprint density at radius 1 is 1.22 bits per heavy atom. The molecular weight excluding hydrogens is 296 g/mol. The molecule has 0 aliphatic heterocycles. The van der Waals surface area contributed by atoms with E-state index in [-0.39, 0.29) is 5.69 Å². The fraction of sp³-hybridized carbons (Fsp3) is 0.235. The van der Waals surface area contributed by atoms with Crippen molar-refractivity contribution in [2.24, 2.45) is 0 Å². The van der Waals surface area contributed by atoms with Crippen LogP contribution in [-0.2, 0) is 14.3 Å². The molecular formula is C17H16N2O4. The fourth-order valence-electron chi connectivity index (χ4n) is 2.68. The maximum absolute atomic E-state index is 11.9. The number of benzene rings is 1. The van der Waals surface area contributed by atoms with Crippen molar-refractivity contribution in [1.29, 1.82) is 0 Å². The van der Waals surface area contributed by atoms with Crippen molar-refractivity contribution >= 4 is 33.7 Å². The van der Waals surface area contributed by atoms with Gasteiger partial charge < -0.3 is 14.5 Å². The number of H-pyrrole nitrogens is 1. The molecule has 0 aliphatic rings. The van der Waals surface area contributed by atoms with Gasteiger partial charge in [-0.1, -0.05) is 18.2 Å². The highest BCUT2D eigenvalue weighted by atomic mass is 16.5. The molecule has 3 rings (SSSR count). The number of aromatic nitrogens is 2. The number of aromatic amines is 1. The largest absolute Gasteiger partial charge is 0.464 e. The van der Waals surface area contributed by atoms with E-state index in [1.807, 2.05) is 24.3 Å². The Kier molecular flexibility index (Phi) is 3.73. The number of para-hydroxylation sites is 1. The van der Waals surface area contributed by atoms with Crippen LogP contribution in [0.4, 0.5) is 0 Å². The smallest absolute Gasteiger partial charge is 0.356 e. The third-order valence-electron chi connectivity index (χ3n) is 3.65. The average Bonchev–Trinajstić information content (AvgIpc) is 2.91. The van der Waals surface area contributed by atoms with Gasteiger partial charge in [0.05, 0.1) is 12.6 Å². The van der Waals surface area contributed by atoms with Gasteiger partial charge in [-0.25, -0.2) is 9.78 Å². The second-order valence-electron chi connectivity index (χ2n) is 5.23. The first kappa shape index (κ1) is 15.0. The molecule has 0 unspecified atom stereocenters. The molecule has 0 radical (unpaired) electrons. The third-order valence-corrected chi connectivity index (χ3v) is 3.65. The summed E-state index contributed by atoms with van der Waals surface area (Å²) >= 11 is 0. The number of ether oxygens (including phenoxy) is 2. The van der Waals surface area contributed by atoms with E-state index in [1.54, 1.807) is 13.0 Å². The zero-order chi connectivity index (χ0) is 16.6. The summed E-state index contributed by atoms with van der Waals surface area (Å²) in [5, 5.41) is 1.80. The van der Waals surface area contributed by atoms with Crippen molar-refractivity contribution in [2.45, 2.75) is 20.0 Å². The number of carbonyl (C=O) groups excluding carboxylic acids is 2. The molecule has 0 amide bonds. The minimum Gasteiger partial charge on any atom is -0.464 e. The molecule has 0 saturated heterocycles. The Bertz CT molecular complexity index is 913. The molecule has 1 N–H and O–H groups in total. The lowest BCUT2D eigenvalue weighted by Gasteiger charge is -2.13. The van der Waals surface area contributed by atoms with Gasteiger partial charge in [0.1, 0.15) is 17.5 Å². The number of carbonyl (C=O) groups is 2. The van der Waals surface area contributed by atoms with Crippen molar-refractivity contribution in [3.05, 3.63) is 41.7 Å². The van der Waals surface area contributed by atoms with Crippen molar-refractivity contribution in [1.82, 2.24) is 9.97 Å². The van der Waals surface area contributed by atoms with E-state index >= 15 is 0 Å². The number of pyridine rings is 1. The number of fused-ring (bicyclic) bond motifs is 3. The lowest BCUT2D eigenvalue weighted by Crippen LogP contribution is -2.11. The zero-order valence-electron chi connectivity index (χ0n) is 13.0. The van der Waals surface area contributed by atoms with Crippen LogP contribution in [0.15, 0.2) is 30.3 Å². The molecule has 0 saturated carbocycles. The standard InChI is InChI=1S/C17H16N2O4/c1-9(23-10(2)20)15-16-12(8-14(19-15)17(21)22-3)11-6-4-5-7-13(11)18-16/h4-9,18H,1-3H3/t9-/m1/s1. The third kappa shape index (κ3) is 2.63. The maximum atomic E-state index is 11.9. The van der Waals surface area contributed by atoms with Crippen molar-refractivity contribution in [2.75, 3.05) is 7.11 Å². The Morgan fingerprint density at radius 2 is 1.96 bits per heavy atom. The Balaban J connectivity index is 2.31. The number of esters is 2. The van der Waals surface area contributed by atoms with E-state index < -0.39 is 18.0 Å². The molecule has 23 heavy (non-hydrogen) atoms. The van der Waals surface area contributed by atoms with Gasteiger partial charge in [0, 0.05) is 23.2 Å². The van der Waals surface area contributed by atoms with E-state index in [1.165, 1.54) is 14.0 Å². The van der Waals surface area contributed by atoms with Crippen LogP contribution >= 0.6 is 0 Å². The highest BCUT2D eigenvalue weighted by molar-refractivity contribution is 6.09. The van der Waals surface area contributed by atoms with Gasteiger partial charge in [-0.15, -0.1) is 0 Å². The molecule has 1 atom stereocenters. The number of hydrogen-bond acceptors (Lipinski definition) is 5. The lowest BCUT2D eigenvalue weighted by molar-refractivity contribution is -0.145. The summed E-state index contributed by atoms with van der Waals surface area (Å²) < 4.78 is 10.0. The van der Waals surface area contributed by atoms with Gasteiger partial charge in [-0.3, -0.25) is 4.79 Å². The van der Waals surface area contributed by atoms with E-state index in [4.69, 9.17) is 9.47 Å². The predicted octanol–water partition coefficient (Wildman–Crippen LogP) is 3.13. The van der Waals surface area contributed by atoms with Gasteiger partial charge in [0.15, 0.2) is 0 Å². The Hall–Kier alpha value is -2.89. The monoisotopic (exact) mass is 312 g/mol. The van der Waals surface area contributed by atoms with Crippen LogP contribution in [0.3, 0.4) is 0 Å². The normalized spacial score (nSPS) is 12.3. The molecule has 1 aromatic carbocycles. The fourth-order valence-corrected chi connectivity index (χ4v) is 2.68. The van der Waals surface area contributed by atoms with Gasteiger partial charge in [-0.2, -0.15) is 0 Å².